The van der Waals surface area contributed by atoms with Crippen LogP contribution in [0.4, 0.5) is 10.1 Å². The highest BCUT2D eigenvalue weighted by Crippen LogP contribution is 2.25. The average molecular weight is 637 g/mol. The molecule has 3 aromatic carbocycles. The Morgan fingerprint density at radius 2 is 1.60 bits per heavy atom. The van der Waals surface area contributed by atoms with Gasteiger partial charge in [-0.05, 0) is 47.7 Å². The van der Waals surface area contributed by atoms with E-state index in [2.05, 4.69) is 5.32 Å². The van der Waals surface area contributed by atoms with Gasteiger partial charge in [0.1, 0.15) is 11.9 Å². The van der Waals surface area contributed by atoms with Crippen LogP contribution in [0, 0.1) is 11.7 Å². The summed E-state index contributed by atoms with van der Waals surface area (Å²) in [4.78, 5) is 28.9. The molecule has 3 aromatic rings. The number of benzene rings is 3. The number of carbonyl (C=O) groups excluding carboxylic acids is 2. The van der Waals surface area contributed by atoms with Gasteiger partial charge in [-0.25, -0.2) is 12.8 Å². The minimum absolute atomic E-state index is 0.0748. The highest BCUT2D eigenvalue weighted by Gasteiger charge is 2.31. The molecule has 0 spiro atoms. The van der Waals surface area contributed by atoms with Crippen molar-refractivity contribution in [2.45, 2.75) is 45.7 Å². The Labute approximate surface area is 257 Å². The van der Waals surface area contributed by atoms with Crippen LogP contribution in [0.5, 0.6) is 0 Å². The Morgan fingerprint density at radius 3 is 2.21 bits per heavy atom. The molecule has 2 amide bonds. The first-order chi connectivity index (χ1) is 19.9. The first-order valence-corrected chi connectivity index (χ1v) is 16.2. The molecule has 0 unspecified atom stereocenters. The number of nitrogens with one attached hydrogen (secondary N) is 1. The van der Waals surface area contributed by atoms with Crippen molar-refractivity contribution in [3.05, 3.63) is 99.8 Å². The monoisotopic (exact) mass is 635 g/mol. The summed E-state index contributed by atoms with van der Waals surface area (Å²) in [5, 5.41) is 3.64. The van der Waals surface area contributed by atoms with Crippen molar-refractivity contribution in [1.29, 1.82) is 0 Å². The molecule has 42 heavy (non-hydrogen) atoms. The van der Waals surface area contributed by atoms with Crippen molar-refractivity contribution in [3.8, 4) is 0 Å². The van der Waals surface area contributed by atoms with E-state index in [0.29, 0.717) is 22.2 Å². The number of amides is 2. The Balaban J connectivity index is 1.91. The molecule has 0 aliphatic heterocycles. The molecule has 0 radical (unpaired) electrons. The molecule has 1 atom stereocenters. The van der Waals surface area contributed by atoms with Crippen LogP contribution in [0.1, 0.15) is 37.8 Å². The molecule has 0 heterocycles. The fourth-order valence-electron chi connectivity index (χ4n) is 4.45. The summed E-state index contributed by atoms with van der Waals surface area (Å²) in [5.74, 6) is -1.14. The quantitative estimate of drug-likeness (QED) is 0.232. The van der Waals surface area contributed by atoms with Gasteiger partial charge in [-0.15, -0.1) is 0 Å². The molecule has 7 nitrogen and oxygen atoms in total. The van der Waals surface area contributed by atoms with Crippen molar-refractivity contribution in [3.63, 3.8) is 0 Å². The molecule has 226 valence electrons. The summed E-state index contributed by atoms with van der Waals surface area (Å²) < 4.78 is 40.4. The molecular weight excluding hydrogens is 600 g/mol. The van der Waals surface area contributed by atoms with Gasteiger partial charge in [0.05, 0.1) is 22.0 Å². The summed E-state index contributed by atoms with van der Waals surface area (Å²) in [7, 11) is -3.82. The van der Waals surface area contributed by atoms with Crippen molar-refractivity contribution < 1.29 is 22.4 Å². The van der Waals surface area contributed by atoms with Crippen LogP contribution in [-0.4, -0.2) is 50.5 Å². The van der Waals surface area contributed by atoms with E-state index < -0.39 is 21.9 Å². The van der Waals surface area contributed by atoms with Crippen LogP contribution in [0.15, 0.2) is 72.8 Å². The average Bonchev–Trinajstić information content (AvgIpc) is 2.94. The minimum Gasteiger partial charge on any atom is -0.354 e. The van der Waals surface area contributed by atoms with Gasteiger partial charge >= 0.3 is 0 Å². The Bertz CT molecular complexity index is 1470. The normalized spacial score (nSPS) is 12.2. The van der Waals surface area contributed by atoms with Crippen LogP contribution < -0.4 is 9.62 Å². The summed E-state index contributed by atoms with van der Waals surface area (Å²) >= 11 is 12.4. The van der Waals surface area contributed by atoms with E-state index in [9.17, 15) is 22.4 Å². The second-order valence-corrected chi connectivity index (χ2v) is 13.2. The summed E-state index contributed by atoms with van der Waals surface area (Å²) in [6.07, 6.45) is 1.28. The third kappa shape index (κ3) is 9.71. The van der Waals surface area contributed by atoms with E-state index >= 15 is 0 Å². The van der Waals surface area contributed by atoms with Gasteiger partial charge in [0.15, 0.2) is 0 Å². The number of halogens is 3. The third-order valence-electron chi connectivity index (χ3n) is 6.57. The lowest BCUT2D eigenvalue weighted by molar-refractivity contribution is -0.141. The van der Waals surface area contributed by atoms with Gasteiger partial charge in [0.2, 0.25) is 21.8 Å². The van der Waals surface area contributed by atoms with E-state index in [0.717, 1.165) is 16.1 Å². The predicted octanol–water partition coefficient (Wildman–Crippen LogP) is 6.09. The van der Waals surface area contributed by atoms with E-state index in [-0.39, 0.29) is 55.8 Å². The number of para-hydroxylation sites is 1. The molecule has 0 bridgehead atoms. The van der Waals surface area contributed by atoms with E-state index in [1.54, 1.807) is 24.3 Å². The van der Waals surface area contributed by atoms with Crippen LogP contribution in [0.25, 0.3) is 0 Å². The van der Waals surface area contributed by atoms with Crippen LogP contribution in [0.2, 0.25) is 10.0 Å². The molecule has 0 aliphatic carbocycles. The number of sulfonamides is 1. The largest absolute Gasteiger partial charge is 0.354 e. The summed E-state index contributed by atoms with van der Waals surface area (Å²) in [5.41, 5.74) is 1.46. The zero-order valence-corrected chi connectivity index (χ0v) is 26.2. The summed E-state index contributed by atoms with van der Waals surface area (Å²) in [6, 6.07) is 19.1. The van der Waals surface area contributed by atoms with Crippen LogP contribution in [0.3, 0.4) is 0 Å². The maximum absolute atomic E-state index is 14.5. The number of anilines is 1. The van der Waals surface area contributed by atoms with Crippen molar-refractivity contribution in [1.82, 2.24) is 10.2 Å². The lowest BCUT2D eigenvalue weighted by atomic mass is 10.0. The maximum atomic E-state index is 14.5. The van der Waals surface area contributed by atoms with Crippen LogP contribution in [-0.2, 0) is 32.6 Å². The molecule has 3 rings (SSSR count). The van der Waals surface area contributed by atoms with Gasteiger partial charge in [0, 0.05) is 32.5 Å². The van der Waals surface area contributed by atoms with E-state index in [4.69, 9.17) is 23.2 Å². The number of carbonyl (C=O) groups is 2. The van der Waals surface area contributed by atoms with Gasteiger partial charge in [-0.1, -0.05) is 85.6 Å². The highest BCUT2D eigenvalue weighted by molar-refractivity contribution is 7.92. The molecule has 0 fully saturated rings. The Hall–Kier alpha value is -3.14. The first kappa shape index (κ1) is 33.4. The predicted molar refractivity (Wildman–Crippen MR) is 167 cm³/mol. The topological polar surface area (TPSA) is 86.8 Å². The fraction of sp³-hybridized carbons (Fsp3) is 0.355. The fourth-order valence-corrected chi connectivity index (χ4v) is 5.73. The van der Waals surface area contributed by atoms with Gasteiger partial charge < -0.3 is 10.2 Å². The molecule has 1 N–H and O–H groups in total. The molecule has 0 saturated heterocycles. The Morgan fingerprint density at radius 1 is 0.929 bits per heavy atom. The number of rotatable bonds is 14. The van der Waals surface area contributed by atoms with Gasteiger partial charge in [-0.2, -0.15) is 0 Å². The van der Waals surface area contributed by atoms with Crippen molar-refractivity contribution in [2.75, 3.05) is 23.7 Å². The number of nitrogens with zero attached hydrogens (tertiary/aromatic N) is 2. The zero-order valence-electron chi connectivity index (χ0n) is 23.9. The van der Waals surface area contributed by atoms with E-state index in [1.807, 2.05) is 44.2 Å². The smallest absolute Gasteiger partial charge is 0.243 e. The SMILES string of the molecule is CC(C)CNC(=O)[C@@H](Cc1ccccc1)N(Cc1ccc(Cl)c(Cl)c1)C(=O)CCCN(c1ccccc1F)S(C)(=O)=O. The standard InChI is InChI=1S/C31H36Cl2FN3O4S/c1-22(2)20-35-31(39)29(19-23-10-5-4-6-11-23)36(21-24-15-16-25(32)26(33)18-24)30(38)14-9-17-37(42(3,40)41)28-13-8-7-12-27(28)34/h4-8,10-13,15-16,18,22,29H,9,14,17,19-21H2,1-3H3,(H,35,39)/t29-/m1/s1. The zero-order chi connectivity index (χ0) is 30.9. The third-order valence-corrected chi connectivity index (χ3v) is 8.48. The molecule has 0 aromatic heterocycles. The maximum Gasteiger partial charge on any atom is 0.243 e. The molecule has 0 aliphatic rings. The van der Waals surface area contributed by atoms with Gasteiger partial charge in [-0.3, -0.25) is 13.9 Å². The molecular formula is C31H36Cl2FN3O4S. The van der Waals surface area contributed by atoms with Crippen molar-refractivity contribution in [2.24, 2.45) is 5.92 Å². The van der Waals surface area contributed by atoms with E-state index in [1.165, 1.54) is 23.1 Å². The van der Waals surface area contributed by atoms with Crippen molar-refractivity contribution >= 4 is 50.7 Å². The summed E-state index contributed by atoms with van der Waals surface area (Å²) in [6.45, 7) is 4.35. The molecule has 0 saturated carbocycles. The second-order valence-electron chi connectivity index (χ2n) is 10.5. The molecule has 11 heteroatoms. The van der Waals surface area contributed by atoms with Gasteiger partial charge in [0.25, 0.3) is 0 Å². The van der Waals surface area contributed by atoms with Crippen LogP contribution >= 0.6 is 23.2 Å². The number of hydrogen-bond acceptors (Lipinski definition) is 4. The Kier molecular flexibility index (Phi) is 12.2. The number of hydrogen-bond donors (Lipinski definition) is 1. The second kappa shape index (κ2) is 15.4. The lowest BCUT2D eigenvalue weighted by Crippen LogP contribution is -2.51. The lowest BCUT2D eigenvalue weighted by Gasteiger charge is -2.32. The first-order valence-electron chi connectivity index (χ1n) is 13.6. The minimum atomic E-state index is -3.82. The highest BCUT2D eigenvalue weighted by atomic mass is 35.5.